The third-order valence-corrected chi connectivity index (χ3v) is 4.74. The van der Waals surface area contributed by atoms with Crippen LogP contribution >= 0.6 is 0 Å². The van der Waals surface area contributed by atoms with Crippen molar-refractivity contribution in [3.05, 3.63) is 0 Å². The predicted molar refractivity (Wildman–Crippen MR) is 64.5 cm³/mol. The van der Waals surface area contributed by atoms with Crippen LogP contribution in [0.5, 0.6) is 0 Å². The average Bonchev–Trinajstić information content (AvgIpc) is 2.89. The fourth-order valence-electron chi connectivity index (χ4n) is 3.64. The summed E-state index contributed by atoms with van der Waals surface area (Å²) in [6.07, 6.45) is 4.57. The van der Waals surface area contributed by atoms with Gasteiger partial charge in [-0.15, -0.1) is 0 Å². The summed E-state index contributed by atoms with van der Waals surface area (Å²) in [7, 11) is 0. The zero-order chi connectivity index (χ0) is 11.0. The SMILES string of the molecule is C[C@@H]1CNC[C@H]1CN1CCOC2CCCC21. The van der Waals surface area contributed by atoms with Crippen LogP contribution in [0.3, 0.4) is 0 Å². The maximum absolute atomic E-state index is 5.87. The van der Waals surface area contributed by atoms with Gasteiger partial charge in [0.1, 0.15) is 0 Å². The summed E-state index contributed by atoms with van der Waals surface area (Å²) in [5.41, 5.74) is 0. The lowest BCUT2D eigenvalue weighted by atomic mass is 9.96. The molecule has 0 aromatic carbocycles. The highest BCUT2D eigenvalue weighted by molar-refractivity contribution is 4.91. The predicted octanol–water partition coefficient (Wildman–Crippen LogP) is 1.10. The third-order valence-electron chi connectivity index (χ3n) is 4.74. The molecule has 3 fully saturated rings. The first-order valence-electron chi connectivity index (χ1n) is 6.91. The largest absolute Gasteiger partial charge is 0.375 e. The summed E-state index contributed by atoms with van der Waals surface area (Å²) in [4.78, 5) is 2.72. The van der Waals surface area contributed by atoms with Crippen LogP contribution in [0.15, 0.2) is 0 Å². The van der Waals surface area contributed by atoms with E-state index in [2.05, 4.69) is 17.1 Å². The fraction of sp³-hybridized carbons (Fsp3) is 1.00. The molecule has 0 spiro atoms. The minimum absolute atomic E-state index is 0.554. The lowest BCUT2D eigenvalue weighted by Gasteiger charge is -2.39. The molecule has 1 aliphatic carbocycles. The Hall–Kier alpha value is -0.120. The van der Waals surface area contributed by atoms with Crippen molar-refractivity contribution in [2.24, 2.45) is 11.8 Å². The second-order valence-electron chi connectivity index (χ2n) is 5.80. The van der Waals surface area contributed by atoms with Gasteiger partial charge in [-0.3, -0.25) is 4.90 Å². The molecule has 0 bridgehead atoms. The molecule has 2 heterocycles. The van der Waals surface area contributed by atoms with E-state index in [1.807, 2.05) is 0 Å². The number of nitrogens with zero attached hydrogens (tertiary/aromatic N) is 1. The molecule has 3 heteroatoms. The highest BCUT2D eigenvalue weighted by Gasteiger charge is 2.37. The molecule has 4 atom stereocenters. The van der Waals surface area contributed by atoms with Gasteiger partial charge >= 0.3 is 0 Å². The monoisotopic (exact) mass is 224 g/mol. The molecule has 16 heavy (non-hydrogen) atoms. The standard InChI is InChI=1S/C13H24N2O/c1-10-7-14-8-11(10)9-15-5-6-16-13-4-2-3-12(13)15/h10-14H,2-9H2,1H3/t10-,11+,12?,13?/m1/s1. The lowest BCUT2D eigenvalue weighted by molar-refractivity contribution is -0.0608. The lowest BCUT2D eigenvalue weighted by Crippen LogP contribution is -2.50. The molecule has 0 aromatic heterocycles. The Labute approximate surface area is 98.5 Å². The van der Waals surface area contributed by atoms with Gasteiger partial charge in [-0.2, -0.15) is 0 Å². The molecule has 3 rings (SSSR count). The van der Waals surface area contributed by atoms with E-state index in [4.69, 9.17) is 4.74 Å². The first-order chi connectivity index (χ1) is 7.84. The number of hydrogen-bond acceptors (Lipinski definition) is 3. The second-order valence-corrected chi connectivity index (χ2v) is 5.80. The van der Waals surface area contributed by atoms with Crippen molar-refractivity contribution >= 4 is 0 Å². The third kappa shape index (κ3) is 2.01. The molecule has 1 saturated carbocycles. The molecule has 2 unspecified atom stereocenters. The van der Waals surface area contributed by atoms with Crippen molar-refractivity contribution in [1.82, 2.24) is 10.2 Å². The zero-order valence-electron chi connectivity index (χ0n) is 10.3. The van der Waals surface area contributed by atoms with Gasteiger partial charge in [-0.25, -0.2) is 0 Å². The molecule has 2 aliphatic heterocycles. The van der Waals surface area contributed by atoms with Gasteiger partial charge in [-0.05, 0) is 44.2 Å². The summed E-state index contributed by atoms with van der Waals surface area (Å²) in [6.45, 7) is 8.22. The van der Waals surface area contributed by atoms with E-state index in [-0.39, 0.29) is 0 Å². The van der Waals surface area contributed by atoms with Crippen molar-refractivity contribution < 1.29 is 4.74 Å². The fourth-order valence-corrected chi connectivity index (χ4v) is 3.64. The van der Waals surface area contributed by atoms with Gasteiger partial charge in [-0.1, -0.05) is 6.92 Å². The van der Waals surface area contributed by atoms with Crippen LogP contribution in [-0.2, 0) is 4.74 Å². The normalized spacial score (nSPS) is 44.8. The van der Waals surface area contributed by atoms with E-state index in [1.165, 1.54) is 38.9 Å². The molecular weight excluding hydrogens is 200 g/mol. The van der Waals surface area contributed by atoms with E-state index in [9.17, 15) is 0 Å². The van der Waals surface area contributed by atoms with Gasteiger partial charge in [0.2, 0.25) is 0 Å². The van der Waals surface area contributed by atoms with Gasteiger partial charge < -0.3 is 10.1 Å². The molecule has 2 saturated heterocycles. The van der Waals surface area contributed by atoms with Gasteiger partial charge in [0, 0.05) is 19.1 Å². The minimum Gasteiger partial charge on any atom is -0.375 e. The van der Waals surface area contributed by atoms with Crippen LogP contribution in [0, 0.1) is 11.8 Å². The quantitative estimate of drug-likeness (QED) is 0.760. The summed E-state index contributed by atoms with van der Waals surface area (Å²) in [5, 5.41) is 3.51. The Morgan fingerprint density at radius 1 is 1.31 bits per heavy atom. The van der Waals surface area contributed by atoms with E-state index >= 15 is 0 Å². The van der Waals surface area contributed by atoms with Gasteiger partial charge in [0.25, 0.3) is 0 Å². The summed E-state index contributed by atoms with van der Waals surface area (Å²) >= 11 is 0. The number of fused-ring (bicyclic) bond motifs is 1. The highest BCUT2D eigenvalue weighted by atomic mass is 16.5. The van der Waals surface area contributed by atoms with Crippen LogP contribution in [0.25, 0.3) is 0 Å². The Morgan fingerprint density at radius 3 is 3.06 bits per heavy atom. The van der Waals surface area contributed by atoms with Crippen molar-refractivity contribution in [2.45, 2.75) is 38.3 Å². The Bertz CT molecular complexity index is 246. The molecule has 92 valence electrons. The average molecular weight is 224 g/mol. The van der Waals surface area contributed by atoms with E-state index in [1.54, 1.807) is 0 Å². The number of rotatable bonds is 2. The van der Waals surface area contributed by atoms with Crippen LogP contribution in [0.4, 0.5) is 0 Å². The number of ether oxygens (including phenoxy) is 1. The Kier molecular flexibility index (Phi) is 3.18. The van der Waals surface area contributed by atoms with Crippen molar-refractivity contribution in [3.63, 3.8) is 0 Å². The molecule has 0 aromatic rings. The molecule has 3 aliphatic rings. The maximum Gasteiger partial charge on any atom is 0.0730 e. The first-order valence-corrected chi connectivity index (χ1v) is 6.91. The Morgan fingerprint density at radius 2 is 2.25 bits per heavy atom. The summed E-state index contributed by atoms with van der Waals surface area (Å²) in [6, 6.07) is 0.738. The highest BCUT2D eigenvalue weighted by Crippen LogP contribution is 2.31. The van der Waals surface area contributed by atoms with Crippen molar-refractivity contribution in [3.8, 4) is 0 Å². The summed E-state index contributed by atoms with van der Waals surface area (Å²) in [5.74, 6) is 1.71. The van der Waals surface area contributed by atoms with Crippen LogP contribution in [-0.4, -0.2) is 49.8 Å². The molecule has 0 amide bonds. The Balaban J connectivity index is 1.60. The second kappa shape index (κ2) is 4.63. The van der Waals surface area contributed by atoms with Crippen LogP contribution in [0.2, 0.25) is 0 Å². The smallest absolute Gasteiger partial charge is 0.0730 e. The summed E-state index contributed by atoms with van der Waals surface area (Å²) < 4.78 is 5.87. The van der Waals surface area contributed by atoms with Crippen LogP contribution < -0.4 is 5.32 Å². The van der Waals surface area contributed by atoms with Crippen LogP contribution in [0.1, 0.15) is 26.2 Å². The molecular formula is C13H24N2O. The zero-order valence-corrected chi connectivity index (χ0v) is 10.3. The first kappa shape index (κ1) is 11.0. The van der Waals surface area contributed by atoms with Crippen molar-refractivity contribution in [2.75, 3.05) is 32.8 Å². The minimum atomic E-state index is 0.554. The molecule has 0 radical (unpaired) electrons. The maximum atomic E-state index is 5.87. The molecule has 3 nitrogen and oxygen atoms in total. The number of hydrogen-bond donors (Lipinski definition) is 1. The molecule has 1 N–H and O–H groups in total. The van der Waals surface area contributed by atoms with Gasteiger partial charge in [0.15, 0.2) is 0 Å². The van der Waals surface area contributed by atoms with Gasteiger partial charge in [0.05, 0.1) is 12.7 Å². The van der Waals surface area contributed by atoms with E-state index < -0.39 is 0 Å². The number of morpholine rings is 1. The van der Waals surface area contributed by atoms with E-state index in [0.717, 1.165) is 31.0 Å². The van der Waals surface area contributed by atoms with E-state index in [0.29, 0.717) is 6.10 Å². The topological polar surface area (TPSA) is 24.5 Å². The number of nitrogens with one attached hydrogen (secondary N) is 1. The van der Waals surface area contributed by atoms with Crippen molar-refractivity contribution in [1.29, 1.82) is 0 Å².